The van der Waals surface area contributed by atoms with Crippen LogP contribution in [0.4, 0.5) is 0 Å². The molecule has 2 N–H and O–H groups in total. The second kappa shape index (κ2) is 9.17. The second-order valence-electron chi connectivity index (χ2n) is 7.38. The SMILES string of the molecule is CCOc1cc2c(cc1CNC(=NC)NC1CCN(C(=O)CC)C1)OC(C)C2. The van der Waals surface area contributed by atoms with E-state index in [1.54, 1.807) is 7.05 Å². The molecule has 2 aliphatic heterocycles. The fourth-order valence-electron chi connectivity index (χ4n) is 3.80. The topological polar surface area (TPSA) is 75.2 Å². The number of ether oxygens (including phenoxy) is 2. The maximum Gasteiger partial charge on any atom is 0.222 e. The smallest absolute Gasteiger partial charge is 0.222 e. The van der Waals surface area contributed by atoms with Crippen molar-refractivity contribution >= 4 is 11.9 Å². The minimum atomic E-state index is 0.207. The van der Waals surface area contributed by atoms with Gasteiger partial charge in [-0.2, -0.15) is 0 Å². The maximum atomic E-state index is 11.9. The van der Waals surface area contributed by atoms with E-state index < -0.39 is 0 Å². The number of likely N-dealkylation sites (tertiary alicyclic amines) is 1. The van der Waals surface area contributed by atoms with E-state index in [0.29, 0.717) is 19.6 Å². The van der Waals surface area contributed by atoms with Crippen LogP contribution in [0.3, 0.4) is 0 Å². The van der Waals surface area contributed by atoms with Gasteiger partial charge < -0.3 is 25.0 Å². The van der Waals surface area contributed by atoms with Crippen LogP contribution in [-0.2, 0) is 17.8 Å². The van der Waals surface area contributed by atoms with Crippen molar-refractivity contribution in [1.82, 2.24) is 15.5 Å². The molecule has 2 heterocycles. The fourth-order valence-corrected chi connectivity index (χ4v) is 3.80. The van der Waals surface area contributed by atoms with E-state index in [1.807, 2.05) is 18.7 Å². The van der Waals surface area contributed by atoms with Crippen molar-refractivity contribution in [3.05, 3.63) is 23.3 Å². The Balaban J connectivity index is 1.61. The van der Waals surface area contributed by atoms with Gasteiger partial charge in [0.05, 0.1) is 6.61 Å². The summed E-state index contributed by atoms with van der Waals surface area (Å²) in [5.74, 6) is 2.77. The van der Waals surface area contributed by atoms with E-state index in [2.05, 4.69) is 34.7 Å². The molecule has 0 aromatic heterocycles. The minimum absolute atomic E-state index is 0.207. The highest BCUT2D eigenvalue weighted by Gasteiger charge is 2.26. The molecule has 2 unspecified atom stereocenters. The molecule has 2 atom stereocenters. The maximum absolute atomic E-state index is 11.9. The van der Waals surface area contributed by atoms with Gasteiger partial charge >= 0.3 is 0 Å². The number of nitrogens with one attached hydrogen (secondary N) is 2. The number of carbonyl (C=O) groups excluding carboxylic acids is 1. The van der Waals surface area contributed by atoms with Gasteiger partial charge in [0.2, 0.25) is 5.91 Å². The average Bonchev–Trinajstić information content (AvgIpc) is 3.29. The number of aliphatic imine (C=N–C) groups is 1. The molecule has 1 amide bonds. The van der Waals surface area contributed by atoms with Crippen LogP contribution in [0.2, 0.25) is 0 Å². The highest BCUT2D eigenvalue weighted by Crippen LogP contribution is 2.35. The van der Waals surface area contributed by atoms with Crippen LogP contribution in [-0.4, -0.2) is 55.7 Å². The van der Waals surface area contributed by atoms with Crippen LogP contribution >= 0.6 is 0 Å². The molecule has 0 aliphatic carbocycles. The molecule has 1 aromatic rings. The number of carbonyl (C=O) groups is 1. The molecular formula is C21H32N4O3. The number of hydrogen-bond acceptors (Lipinski definition) is 4. The van der Waals surface area contributed by atoms with Gasteiger partial charge in [-0.05, 0) is 32.4 Å². The Morgan fingerprint density at radius 3 is 2.93 bits per heavy atom. The van der Waals surface area contributed by atoms with Crippen LogP contribution < -0.4 is 20.1 Å². The highest BCUT2D eigenvalue weighted by atomic mass is 16.5. The first-order chi connectivity index (χ1) is 13.5. The van der Waals surface area contributed by atoms with Crippen molar-refractivity contribution in [3.63, 3.8) is 0 Å². The van der Waals surface area contributed by atoms with Gasteiger partial charge in [0, 0.05) is 56.7 Å². The zero-order valence-corrected chi connectivity index (χ0v) is 17.4. The molecule has 0 bridgehead atoms. The molecular weight excluding hydrogens is 356 g/mol. The predicted octanol–water partition coefficient (Wildman–Crippen LogP) is 2.08. The Labute approximate surface area is 167 Å². The zero-order chi connectivity index (χ0) is 20.1. The summed E-state index contributed by atoms with van der Waals surface area (Å²) in [7, 11) is 1.76. The van der Waals surface area contributed by atoms with Crippen molar-refractivity contribution in [1.29, 1.82) is 0 Å². The van der Waals surface area contributed by atoms with Crippen molar-refractivity contribution in [2.75, 3.05) is 26.7 Å². The monoisotopic (exact) mass is 388 g/mol. The summed E-state index contributed by atoms with van der Waals surface area (Å²) in [6.07, 6.45) is 2.61. The third kappa shape index (κ3) is 4.69. The van der Waals surface area contributed by atoms with E-state index >= 15 is 0 Å². The van der Waals surface area contributed by atoms with Gasteiger partial charge in [-0.1, -0.05) is 6.92 Å². The third-order valence-corrected chi connectivity index (χ3v) is 5.23. The molecule has 3 rings (SSSR count). The Hall–Kier alpha value is -2.44. The van der Waals surface area contributed by atoms with Gasteiger partial charge in [-0.25, -0.2) is 0 Å². The first kappa shape index (κ1) is 20.3. The normalized spacial score (nSPS) is 21.3. The van der Waals surface area contributed by atoms with E-state index in [4.69, 9.17) is 9.47 Å². The predicted molar refractivity (Wildman–Crippen MR) is 110 cm³/mol. The number of hydrogen-bond donors (Lipinski definition) is 2. The Bertz CT molecular complexity index is 735. The Morgan fingerprint density at radius 1 is 1.39 bits per heavy atom. The summed E-state index contributed by atoms with van der Waals surface area (Å²) in [6, 6.07) is 4.39. The van der Waals surface area contributed by atoms with Crippen LogP contribution in [0.1, 0.15) is 44.7 Å². The lowest BCUT2D eigenvalue weighted by molar-refractivity contribution is -0.129. The van der Waals surface area contributed by atoms with Crippen LogP contribution in [0.25, 0.3) is 0 Å². The minimum Gasteiger partial charge on any atom is -0.494 e. The molecule has 1 fully saturated rings. The molecule has 7 heteroatoms. The molecule has 1 saturated heterocycles. The van der Waals surface area contributed by atoms with E-state index in [1.165, 1.54) is 5.56 Å². The standard InChI is InChI=1S/C21H32N4O3/c1-5-20(26)25-8-7-17(13-25)24-21(22-4)23-12-16-11-19-15(9-14(3)28-19)10-18(16)27-6-2/h10-11,14,17H,5-9,12-13H2,1-4H3,(H2,22,23,24). The molecule has 154 valence electrons. The van der Waals surface area contributed by atoms with E-state index in [0.717, 1.165) is 49.0 Å². The molecule has 2 aliphatic rings. The second-order valence-corrected chi connectivity index (χ2v) is 7.38. The molecule has 0 saturated carbocycles. The first-order valence-corrected chi connectivity index (χ1v) is 10.2. The zero-order valence-electron chi connectivity index (χ0n) is 17.4. The number of amides is 1. The third-order valence-electron chi connectivity index (χ3n) is 5.23. The Morgan fingerprint density at radius 2 is 2.21 bits per heavy atom. The quantitative estimate of drug-likeness (QED) is 0.577. The Kier molecular flexibility index (Phi) is 6.65. The van der Waals surface area contributed by atoms with E-state index in [-0.39, 0.29) is 18.1 Å². The van der Waals surface area contributed by atoms with Crippen molar-refractivity contribution in [2.45, 2.75) is 58.7 Å². The summed E-state index contributed by atoms with van der Waals surface area (Å²) < 4.78 is 11.7. The molecule has 0 spiro atoms. The lowest BCUT2D eigenvalue weighted by Gasteiger charge is -2.19. The highest BCUT2D eigenvalue weighted by molar-refractivity contribution is 5.80. The van der Waals surface area contributed by atoms with E-state index in [9.17, 15) is 4.79 Å². The average molecular weight is 389 g/mol. The van der Waals surface area contributed by atoms with Gasteiger partial charge in [0.25, 0.3) is 0 Å². The van der Waals surface area contributed by atoms with Crippen LogP contribution in [0, 0.1) is 0 Å². The van der Waals surface area contributed by atoms with Gasteiger partial charge in [0.1, 0.15) is 17.6 Å². The van der Waals surface area contributed by atoms with Gasteiger partial charge in [0.15, 0.2) is 5.96 Å². The lowest BCUT2D eigenvalue weighted by Crippen LogP contribution is -2.44. The van der Waals surface area contributed by atoms with Gasteiger partial charge in [-0.15, -0.1) is 0 Å². The number of nitrogens with zero attached hydrogens (tertiary/aromatic N) is 2. The molecule has 7 nitrogen and oxygen atoms in total. The summed E-state index contributed by atoms with van der Waals surface area (Å²) >= 11 is 0. The summed E-state index contributed by atoms with van der Waals surface area (Å²) in [5.41, 5.74) is 2.25. The summed E-state index contributed by atoms with van der Waals surface area (Å²) in [4.78, 5) is 18.1. The van der Waals surface area contributed by atoms with Crippen molar-refractivity contribution in [3.8, 4) is 11.5 Å². The number of benzene rings is 1. The molecule has 28 heavy (non-hydrogen) atoms. The number of guanidine groups is 1. The number of fused-ring (bicyclic) bond motifs is 1. The van der Waals surface area contributed by atoms with Crippen LogP contribution in [0.5, 0.6) is 11.5 Å². The molecule has 0 radical (unpaired) electrons. The fraction of sp³-hybridized carbons (Fsp3) is 0.619. The number of rotatable bonds is 6. The van der Waals surface area contributed by atoms with Crippen molar-refractivity contribution in [2.24, 2.45) is 4.99 Å². The summed E-state index contributed by atoms with van der Waals surface area (Å²) in [6.45, 7) is 8.72. The van der Waals surface area contributed by atoms with Crippen molar-refractivity contribution < 1.29 is 14.3 Å². The first-order valence-electron chi connectivity index (χ1n) is 10.2. The lowest BCUT2D eigenvalue weighted by atomic mass is 10.1. The van der Waals surface area contributed by atoms with Gasteiger partial charge in [-0.3, -0.25) is 9.79 Å². The van der Waals surface area contributed by atoms with Crippen LogP contribution in [0.15, 0.2) is 17.1 Å². The molecule has 1 aromatic carbocycles. The largest absolute Gasteiger partial charge is 0.494 e. The summed E-state index contributed by atoms with van der Waals surface area (Å²) in [5, 5.41) is 6.80.